The highest BCUT2D eigenvalue weighted by Gasteiger charge is 2.45. The molecule has 1 aliphatic rings. The van der Waals surface area contributed by atoms with Crippen LogP contribution in [0.4, 0.5) is 5.95 Å². The molecular formula is C21H19N7O3S. The summed E-state index contributed by atoms with van der Waals surface area (Å²) in [5.74, 6) is 0.992. The Kier molecular flexibility index (Phi) is 4.72. The van der Waals surface area contributed by atoms with E-state index in [1.165, 1.54) is 12.1 Å². The van der Waals surface area contributed by atoms with Gasteiger partial charge in [0.25, 0.3) is 5.89 Å². The smallest absolute Gasteiger partial charge is 0.257 e. The highest BCUT2D eigenvalue weighted by molar-refractivity contribution is 7.89. The van der Waals surface area contributed by atoms with Crippen LogP contribution in [-0.2, 0) is 15.4 Å². The fourth-order valence-corrected chi connectivity index (χ4v) is 4.39. The number of nitrogens with zero attached hydrogens (tertiary/aromatic N) is 5. The lowest BCUT2D eigenvalue weighted by atomic mass is 9.64. The number of hydrogen-bond donors (Lipinski definition) is 2. The van der Waals surface area contributed by atoms with Gasteiger partial charge in [0.05, 0.1) is 16.0 Å². The van der Waals surface area contributed by atoms with E-state index in [4.69, 9.17) is 15.4 Å². The third-order valence-corrected chi connectivity index (χ3v) is 6.67. The second kappa shape index (κ2) is 7.46. The average molecular weight is 449 g/mol. The van der Waals surface area contributed by atoms with Gasteiger partial charge in [-0.25, -0.2) is 23.5 Å². The van der Waals surface area contributed by atoms with Crippen LogP contribution in [0.5, 0.6) is 0 Å². The van der Waals surface area contributed by atoms with Crippen molar-refractivity contribution in [1.82, 2.24) is 25.1 Å². The SMILES string of the molecule is Nc1ncc(-c2ccc(C3(c4noc(-c5cccc(S(N)(=O)=O)c5)n4)CCC3)cn2)cn1. The Morgan fingerprint density at radius 3 is 2.38 bits per heavy atom. The molecule has 1 saturated carbocycles. The molecule has 0 radical (unpaired) electrons. The van der Waals surface area contributed by atoms with E-state index in [2.05, 4.69) is 25.1 Å². The van der Waals surface area contributed by atoms with Gasteiger partial charge in [-0.3, -0.25) is 4.98 Å². The Balaban J connectivity index is 1.47. The van der Waals surface area contributed by atoms with Crippen LogP contribution in [0.3, 0.4) is 0 Å². The van der Waals surface area contributed by atoms with Crippen molar-refractivity contribution in [2.24, 2.45) is 5.14 Å². The van der Waals surface area contributed by atoms with Gasteiger partial charge in [-0.1, -0.05) is 23.7 Å². The molecule has 4 aromatic rings. The standard InChI is InChI=1S/C21H19N7O3S/c22-20-25-10-14(11-26-20)17-6-5-15(12-24-17)21(7-2-8-21)19-27-18(31-28-19)13-3-1-4-16(9-13)32(23,29)30/h1,3-6,9-12H,2,7-8H2,(H2,22,25,26)(H2,23,29,30). The van der Waals surface area contributed by atoms with Crippen LogP contribution in [0, 0.1) is 0 Å². The molecule has 0 bridgehead atoms. The Labute approximate surface area is 183 Å². The summed E-state index contributed by atoms with van der Waals surface area (Å²) in [6.07, 6.45) is 7.81. The van der Waals surface area contributed by atoms with E-state index in [0.717, 1.165) is 36.1 Å². The van der Waals surface area contributed by atoms with E-state index < -0.39 is 15.4 Å². The van der Waals surface area contributed by atoms with Crippen LogP contribution in [0.2, 0.25) is 0 Å². The summed E-state index contributed by atoms with van der Waals surface area (Å²) in [6.45, 7) is 0. The van der Waals surface area contributed by atoms with Gasteiger partial charge in [-0.2, -0.15) is 4.98 Å². The zero-order chi connectivity index (χ0) is 22.3. The van der Waals surface area contributed by atoms with Gasteiger partial charge < -0.3 is 10.3 Å². The topological polar surface area (TPSA) is 164 Å². The predicted octanol–water partition coefficient (Wildman–Crippen LogP) is 2.29. The quantitative estimate of drug-likeness (QED) is 0.465. The van der Waals surface area contributed by atoms with E-state index in [9.17, 15) is 8.42 Å². The first-order valence-electron chi connectivity index (χ1n) is 9.87. The molecule has 0 atom stereocenters. The number of benzene rings is 1. The number of aromatic nitrogens is 5. The van der Waals surface area contributed by atoms with E-state index in [1.807, 2.05) is 18.3 Å². The lowest BCUT2D eigenvalue weighted by Gasteiger charge is -2.39. The van der Waals surface area contributed by atoms with E-state index in [-0.39, 0.29) is 16.7 Å². The molecule has 0 spiro atoms. The van der Waals surface area contributed by atoms with Crippen LogP contribution in [-0.4, -0.2) is 33.5 Å². The van der Waals surface area contributed by atoms with E-state index >= 15 is 0 Å². The first kappa shape index (κ1) is 20.2. The molecule has 162 valence electrons. The maximum absolute atomic E-state index is 11.7. The summed E-state index contributed by atoms with van der Waals surface area (Å²) in [6, 6.07) is 10.0. The van der Waals surface area contributed by atoms with Crippen molar-refractivity contribution in [3.63, 3.8) is 0 Å². The van der Waals surface area contributed by atoms with Crippen molar-refractivity contribution < 1.29 is 12.9 Å². The molecule has 0 saturated heterocycles. The van der Waals surface area contributed by atoms with Crippen molar-refractivity contribution in [3.05, 3.63) is 66.4 Å². The number of nitrogens with two attached hydrogens (primary N) is 2. The summed E-state index contributed by atoms with van der Waals surface area (Å²) in [5.41, 5.74) is 8.12. The zero-order valence-corrected chi connectivity index (χ0v) is 17.7. The zero-order valence-electron chi connectivity index (χ0n) is 16.8. The molecule has 0 amide bonds. The van der Waals surface area contributed by atoms with Gasteiger partial charge in [0.2, 0.25) is 16.0 Å². The molecule has 11 heteroatoms. The highest BCUT2D eigenvalue weighted by Crippen LogP contribution is 2.48. The van der Waals surface area contributed by atoms with Gasteiger partial charge in [0.1, 0.15) is 0 Å². The van der Waals surface area contributed by atoms with Crippen molar-refractivity contribution in [2.45, 2.75) is 29.6 Å². The Morgan fingerprint density at radius 2 is 1.75 bits per heavy atom. The van der Waals surface area contributed by atoms with Crippen molar-refractivity contribution >= 4 is 16.0 Å². The van der Waals surface area contributed by atoms with Crippen LogP contribution in [0.1, 0.15) is 30.7 Å². The van der Waals surface area contributed by atoms with Crippen LogP contribution in [0.25, 0.3) is 22.7 Å². The minimum Gasteiger partial charge on any atom is -0.368 e. The van der Waals surface area contributed by atoms with Gasteiger partial charge >= 0.3 is 0 Å². The van der Waals surface area contributed by atoms with Gasteiger partial charge in [-0.05, 0) is 42.7 Å². The fourth-order valence-electron chi connectivity index (χ4n) is 3.83. The summed E-state index contributed by atoms with van der Waals surface area (Å²) >= 11 is 0. The third kappa shape index (κ3) is 3.51. The summed E-state index contributed by atoms with van der Waals surface area (Å²) in [4.78, 5) is 17.1. The van der Waals surface area contributed by atoms with Crippen molar-refractivity contribution in [2.75, 3.05) is 5.73 Å². The lowest BCUT2D eigenvalue weighted by molar-refractivity contribution is 0.272. The molecule has 3 aromatic heterocycles. The lowest BCUT2D eigenvalue weighted by Crippen LogP contribution is -2.36. The van der Waals surface area contributed by atoms with Gasteiger partial charge in [0.15, 0.2) is 5.82 Å². The molecule has 4 N–H and O–H groups in total. The van der Waals surface area contributed by atoms with Crippen LogP contribution in [0.15, 0.2) is 64.4 Å². The molecule has 1 aromatic carbocycles. The minimum absolute atomic E-state index is 0.0143. The fraction of sp³-hybridized carbons (Fsp3) is 0.190. The second-order valence-corrected chi connectivity index (χ2v) is 9.26. The normalized spacial score (nSPS) is 15.3. The van der Waals surface area contributed by atoms with E-state index in [1.54, 1.807) is 24.5 Å². The largest absolute Gasteiger partial charge is 0.368 e. The first-order chi connectivity index (χ1) is 15.3. The summed E-state index contributed by atoms with van der Waals surface area (Å²) in [7, 11) is -3.83. The summed E-state index contributed by atoms with van der Waals surface area (Å²) in [5, 5.41) is 9.45. The first-order valence-corrected chi connectivity index (χ1v) is 11.4. The van der Waals surface area contributed by atoms with Crippen LogP contribution >= 0.6 is 0 Å². The number of anilines is 1. The highest BCUT2D eigenvalue weighted by atomic mass is 32.2. The molecule has 10 nitrogen and oxygen atoms in total. The number of sulfonamides is 1. The number of primary sulfonamides is 1. The number of hydrogen-bond acceptors (Lipinski definition) is 9. The molecule has 3 heterocycles. The van der Waals surface area contributed by atoms with E-state index in [0.29, 0.717) is 11.4 Å². The average Bonchev–Trinajstić information content (AvgIpc) is 3.24. The maximum atomic E-state index is 11.7. The van der Waals surface area contributed by atoms with Crippen molar-refractivity contribution in [3.8, 4) is 22.7 Å². The third-order valence-electron chi connectivity index (χ3n) is 5.75. The molecular weight excluding hydrogens is 430 g/mol. The van der Waals surface area contributed by atoms with Gasteiger partial charge in [-0.15, -0.1) is 0 Å². The summed E-state index contributed by atoms with van der Waals surface area (Å²) < 4.78 is 28.8. The molecule has 1 aliphatic carbocycles. The maximum Gasteiger partial charge on any atom is 0.257 e. The number of pyridine rings is 1. The predicted molar refractivity (Wildman–Crippen MR) is 115 cm³/mol. The molecule has 1 fully saturated rings. The van der Waals surface area contributed by atoms with Crippen molar-refractivity contribution in [1.29, 1.82) is 0 Å². The number of nitrogen functional groups attached to an aromatic ring is 1. The minimum atomic E-state index is -3.83. The number of rotatable bonds is 5. The van der Waals surface area contributed by atoms with Crippen LogP contribution < -0.4 is 10.9 Å². The Morgan fingerprint density at radius 1 is 0.969 bits per heavy atom. The molecule has 0 unspecified atom stereocenters. The Hall–Kier alpha value is -3.70. The Bertz CT molecular complexity index is 1380. The monoisotopic (exact) mass is 449 g/mol. The molecule has 32 heavy (non-hydrogen) atoms. The second-order valence-electron chi connectivity index (χ2n) is 7.69. The molecule has 5 rings (SSSR count). The van der Waals surface area contributed by atoms with Gasteiger partial charge in [0, 0.05) is 29.7 Å². The molecule has 0 aliphatic heterocycles.